The van der Waals surface area contributed by atoms with E-state index in [1.54, 1.807) is 12.4 Å². The van der Waals surface area contributed by atoms with Crippen LogP contribution in [0.5, 0.6) is 0 Å². The van der Waals surface area contributed by atoms with E-state index in [2.05, 4.69) is 15.3 Å². The van der Waals surface area contributed by atoms with Crippen molar-refractivity contribution in [3.8, 4) is 0 Å². The standard InChI is InChI=1S/C28H27N4O3/c33-27(20-29-19-26-30-16-17-31-26)32(28(34)35-21-23-12-6-2-7-13-23)25(24-14-8-3-9-15-24)18-22-10-4-1-5-11-22/h1-17,29H,18-21H2,(H,30,31). The number of ether oxygens (including phenoxy) is 1. The molecule has 2 amide bonds. The van der Waals surface area contributed by atoms with Crippen molar-refractivity contribution in [1.29, 1.82) is 0 Å². The molecule has 0 spiro atoms. The number of aromatic nitrogens is 2. The molecule has 0 unspecified atom stereocenters. The van der Waals surface area contributed by atoms with E-state index in [0.29, 0.717) is 24.8 Å². The van der Waals surface area contributed by atoms with Gasteiger partial charge in [-0.2, -0.15) is 0 Å². The molecule has 1 heterocycles. The van der Waals surface area contributed by atoms with Crippen LogP contribution < -0.4 is 5.32 Å². The lowest BCUT2D eigenvalue weighted by atomic mass is 9.97. The molecule has 0 aliphatic carbocycles. The fourth-order valence-corrected chi connectivity index (χ4v) is 3.64. The van der Waals surface area contributed by atoms with Crippen LogP contribution in [0.3, 0.4) is 0 Å². The second-order valence-electron chi connectivity index (χ2n) is 7.88. The van der Waals surface area contributed by atoms with Crippen LogP contribution in [0.25, 0.3) is 0 Å². The van der Waals surface area contributed by atoms with Crippen molar-refractivity contribution in [1.82, 2.24) is 20.2 Å². The number of carbonyl (C=O) groups is 2. The van der Waals surface area contributed by atoms with Crippen LogP contribution in [0.2, 0.25) is 0 Å². The highest BCUT2D eigenvalue weighted by molar-refractivity contribution is 5.95. The average Bonchev–Trinajstić information content (AvgIpc) is 3.42. The van der Waals surface area contributed by atoms with Crippen molar-refractivity contribution in [2.75, 3.05) is 6.54 Å². The number of nitrogens with one attached hydrogen (secondary N) is 2. The molecular formula is C28H27N4O3. The SMILES string of the molecule is O=C(CNCc1ncc[nH]1)N([C](Cc1ccccc1)c1ccccc1)C(=O)OCc1ccccc1. The maximum Gasteiger partial charge on any atom is 0.417 e. The Labute approximate surface area is 204 Å². The van der Waals surface area contributed by atoms with Gasteiger partial charge in [0, 0.05) is 18.8 Å². The van der Waals surface area contributed by atoms with Crippen molar-refractivity contribution in [2.45, 2.75) is 19.6 Å². The van der Waals surface area contributed by atoms with Gasteiger partial charge in [0.2, 0.25) is 5.91 Å². The number of rotatable bonds is 10. The number of carbonyl (C=O) groups excluding carboxylic acids is 2. The Hall–Kier alpha value is -4.23. The van der Waals surface area contributed by atoms with Gasteiger partial charge in [-0.25, -0.2) is 14.7 Å². The van der Waals surface area contributed by atoms with Gasteiger partial charge in [0.15, 0.2) is 0 Å². The van der Waals surface area contributed by atoms with Crippen LogP contribution in [-0.4, -0.2) is 33.4 Å². The molecule has 7 nitrogen and oxygen atoms in total. The first kappa shape index (κ1) is 23.9. The van der Waals surface area contributed by atoms with Crippen molar-refractivity contribution in [3.63, 3.8) is 0 Å². The second kappa shape index (κ2) is 12.3. The molecule has 4 aromatic rings. The fourth-order valence-electron chi connectivity index (χ4n) is 3.64. The topological polar surface area (TPSA) is 87.3 Å². The van der Waals surface area contributed by atoms with Gasteiger partial charge in [-0.3, -0.25) is 4.79 Å². The second-order valence-corrected chi connectivity index (χ2v) is 7.88. The summed E-state index contributed by atoms with van der Waals surface area (Å²) >= 11 is 0. The smallest absolute Gasteiger partial charge is 0.417 e. The van der Waals surface area contributed by atoms with Gasteiger partial charge in [-0.05, 0) is 16.7 Å². The van der Waals surface area contributed by atoms with Crippen LogP contribution >= 0.6 is 0 Å². The van der Waals surface area contributed by atoms with Crippen LogP contribution in [0.15, 0.2) is 103 Å². The molecule has 0 bridgehead atoms. The lowest BCUT2D eigenvalue weighted by molar-refractivity contribution is -0.128. The molecule has 0 aliphatic rings. The van der Waals surface area contributed by atoms with E-state index in [4.69, 9.17) is 4.74 Å². The van der Waals surface area contributed by atoms with Crippen LogP contribution in [0.4, 0.5) is 4.79 Å². The summed E-state index contributed by atoms with van der Waals surface area (Å²) in [7, 11) is 0. The number of benzene rings is 3. The molecule has 0 aliphatic heterocycles. The minimum atomic E-state index is -0.714. The third-order valence-electron chi connectivity index (χ3n) is 5.35. The molecule has 4 rings (SSSR count). The minimum absolute atomic E-state index is 0.0632. The number of amides is 2. The maximum atomic E-state index is 13.4. The summed E-state index contributed by atoms with van der Waals surface area (Å²) in [5, 5.41) is 3.06. The Balaban J connectivity index is 1.58. The molecular weight excluding hydrogens is 440 g/mol. The molecule has 1 radical (unpaired) electrons. The predicted molar refractivity (Wildman–Crippen MR) is 133 cm³/mol. The van der Waals surface area contributed by atoms with Gasteiger partial charge in [-0.1, -0.05) is 91.0 Å². The van der Waals surface area contributed by atoms with E-state index < -0.39 is 12.0 Å². The first-order chi connectivity index (χ1) is 17.2. The molecule has 0 saturated carbocycles. The number of imide groups is 1. The summed E-state index contributed by atoms with van der Waals surface area (Å²) in [6.07, 6.45) is 3.03. The first-order valence-corrected chi connectivity index (χ1v) is 11.4. The number of hydrogen-bond acceptors (Lipinski definition) is 5. The summed E-state index contributed by atoms with van der Waals surface area (Å²) in [6.45, 7) is 0.369. The summed E-state index contributed by atoms with van der Waals surface area (Å²) in [5.74, 6) is 0.289. The zero-order chi connectivity index (χ0) is 24.3. The Morgan fingerprint density at radius 1 is 0.857 bits per heavy atom. The van der Waals surface area contributed by atoms with E-state index in [1.807, 2.05) is 91.0 Å². The van der Waals surface area contributed by atoms with E-state index in [1.165, 1.54) is 0 Å². The number of H-pyrrole nitrogens is 1. The van der Waals surface area contributed by atoms with Crippen molar-refractivity contribution in [2.24, 2.45) is 0 Å². The van der Waals surface area contributed by atoms with Gasteiger partial charge < -0.3 is 15.0 Å². The first-order valence-electron chi connectivity index (χ1n) is 11.4. The zero-order valence-corrected chi connectivity index (χ0v) is 19.3. The summed E-state index contributed by atoms with van der Waals surface area (Å²) in [4.78, 5) is 35.1. The molecule has 1 aromatic heterocycles. The third-order valence-corrected chi connectivity index (χ3v) is 5.35. The van der Waals surface area contributed by atoms with Crippen molar-refractivity contribution < 1.29 is 14.3 Å². The van der Waals surface area contributed by atoms with Gasteiger partial charge >= 0.3 is 6.09 Å². The van der Waals surface area contributed by atoms with Crippen LogP contribution in [0.1, 0.15) is 22.5 Å². The largest absolute Gasteiger partial charge is 0.444 e. The van der Waals surface area contributed by atoms with Gasteiger partial charge in [0.05, 0.1) is 13.1 Å². The van der Waals surface area contributed by atoms with Crippen LogP contribution in [0, 0.1) is 6.04 Å². The minimum Gasteiger partial charge on any atom is -0.444 e. The van der Waals surface area contributed by atoms with Gasteiger partial charge in [0.25, 0.3) is 0 Å². The lowest BCUT2D eigenvalue weighted by Gasteiger charge is -2.29. The lowest BCUT2D eigenvalue weighted by Crippen LogP contribution is -2.45. The molecule has 3 aromatic carbocycles. The number of aromatic amines is 1. The highest BCUT2D eigenvalue weighted by atomic mass is 16.6. The molecule has 0 atom stereocenters. The van der Waals surface area contributed by atoms with E-state index in [0.717, 1.165) is 21.6 Å². The fraction of sp³-hybridized carbons (Fsp3) is 0.143. The van der Waals surface area contributed by atoms with Gasteiger partial charge in [0.1, 0.15) is 18.5 Å². The Morgan fingerprint density at radius 3 is 2.11 bits per heavy atom. The molecule has 35 heavy (non-hydrogen) atoms. The summed E-state index contributed by atoms with van der Waals surface area (Å²) < 4.78 is 5.60. The highest BCUT2D eigenvalue weighted by Crippen LogP contribution is 2.26. The van der Waals surface area contributed by atoms with Crippen LogP contribution in [-0.2, 0) is 29.1 Å². The molecule has 2 N–H and O–H groups in total. The molecule has 7 heteroatoms. The van der Waals surface area contributed by atoms with E-state index in [-0.39, 0.29) is 13.2 Å². The molecule has 0 fully saturated rings. The van der Waals surface area contributed by atoms with Crippen molar-refractivity contribution in [3.05, 3.63) is 132 Å². The molecule has 0 saturated heterocycles. The number of nitrogens with zero attached hydrogens (tertiary/aromatic N) is 2. The normalized spacial score (nSPS) is 10.8. The maximum absolute atomic E-state index is 13.4. The predicted octanol–water partition coefficient (Wildman–Crippen LogP) is 4.49. The Kier molecular flexibility index (Phi) is 8.40. The van der Waals surface area contributed by atoms with E-state index in [9.17, 15) is 9.59 Å². The van der Waals surface area contributed by atoms with Gasteiger partial charge in [-0.15, -0.1) is 0 Å². The average molecular weight is 468 g/mol. The van der Waals surface area contributed by atoms with Crippen molar-refractivity contribution >= 4 is 12.0 Å². The number of hydrogen-bond donors (Lipinski definition) is 2. The quantitative estimate of drug-likeness (QED) is 0.359. The highest BCUT2D eigenvalue weighted by Gasteiger charge is 2.33. The van der Waals surface area contributed by atoms with E-state index >= 15 is 0 Å². The molecule has 177 valence electrons. The summed E-state index contributed by atoms with van der Waals surface area (Å²) in [6, 6.07) is 29.1. The zero-order valence-electron chi connectivity index (χ0n) is 19.3. The third kappa shape index (κ3) is 6.88. The summed E-state index contributed by atoms with van der Waals surface area (Å²) in [5.41, 5.74) is 2.59. The monoisotopic (exact) mass is 467 g/mol. The number of imidazole rings is 1. The Bertz CT molecular complexity index is 1180. The Morgan fingerprint density at radius 2 is 1.49 bits per heavy atom.